The van der Waals surface area contributed by atoms with Crippen molar-refractivity contribution < 1.29 is 22.8 Å². The van der Waals surface area contributed by atoms with Gasteiger partial charge in [0, 0.05) is 17.3 Å². The first-order valence-electron chi connectivity index (χ1n) is 11.8. The number of carbonyl (C=O) groups excluding carboxylic acids is 2. The van der Waals surface area contributed by atoms with Gasteiger partial charge in [-0.05, 0) is 62.1 Å². The van der Waals surface area contributed by atoms with Gasteiger partial charge in [-0.1, -0.05) is 23.2 Å². The van der Waals surface area contributed by atoms with Crippen molar-refractivity contribution in [3.8, 4) is 5.82 Å². The molecule has 0 spiro atoms. The van der Waals surface area contributed by atoms with E-state index in [-0.39, 0.29) is 46.1 Å². The van der Waals surface area contributed by atoms with Gasteiger partial charge in [-0.3, -0.25) is 9.59 Å². The van der Waals surface area contributed by atoms with Crippen LogP contribution in [0.3, 0.4) is 0 Å². The van der Waals surface area contributed by atoms with E-state index in [9.17, 15) is 22.8 Å². The molecule has 1 aliphatic rings. The Morgan fingerprint density at radius 1 is 1.20 bits per heavy atom. The fourth-order valence-electron chi connectivity index (χ4n) is 3.79. The Labute approximate surface area is 235 Å². The fraction of sp³-hybridized carbons (Fsp3) is 0.292. The predicted molar refractivity (Wildman–Crippen MR) is 142 cm³/mol. The highest BCUT2D eigenvalue weighted by Gasteiger charge is 2.34. The van der Waals surface area contributed by atoms with Crippen LogP contribution in [-0.2, 0) is 6.54 Å². The molecule has 2 amide bonds. The van der Waals surface area contributed by atoms with Crippen molar-refractivity contribution in [3.63, 3.8) is 0 Å². The molecule has 16 heteroatoms. The third kappa shape index (κ3) is 6.57. The average molecular weight is 595 g/mol. The zero-order chi connectivity index (χ0) is 29.0. The number of benzene rings is 1. The number of hydrogen-bond donors (Lipinski definition) is 3. The van der Waals surface area contributed by atoms with Crippen LogP contribution in [0, 0.1) is 6.92 Å². The number of amidine groups is 1. The highest BCUT2D eigenvalue weighted by Crippen LogP contribution is 2.28. The summed E-state index contributed by atoms with van der Waals surface area (Å²) in [6, 6.07) is 7.43. The molecule has 1 fully saturated rings. The van der Waals surface area contributed by atoms with Gasteiger partial charge in [-0.15, -0.1) is 0 Å². The summed E-state index contributed by atoms with van der Waals surface area (Å²) < 4.78 is 39.4. The monoisotopic (exact) mass is 594 g/mol. The van der Waals surface area contributed by atoms with Gasteiger partial charge in [0.2, 0.25) is 5.84 Å². The lowest BCUT2D eigenvalue weighted by atomic mass is 9.92. The molecule has 1 aromatic carbocycles. The summed E-state index contributed by atoms with van der Waals surface area (Å²) >= 11 is 12.5. The van der Waals surface area contributed by atoms with E-state index >= 15 is 0 Å². The number of aryl methyl sites for hydroxylation is 1. The molecular formula is C24H21Cl2F3N9O2-. The van der Waals surface area contributed by atoms with E-state index in [1.54, 1.807) is 19.1 Å². The Morgan fingerprint density at radius 2 is 1.95 bits per heavy atom. The number of nitrogens with one attached hydrogen (secondary N) is 3. The van der Waals surface area contributed by atoms with Gasteiger partial charge in [0.05, 0.1) is 28.5 Å². The summed E-state index contributed by atoms with van der Waals surface area (Å²) in [5.74, 6) is -2.84. The molecule has 3 N–H and O–H groups in total. The molecule has 1 aliphatic carbocycles. The molecule has 0 radical (unpaired) electrons. The minimum absolute atomic E-state index is 0.0391. The van der Waals surface area contributed by atoms with Crippen molar-refractivity contribution in [2.75, 3.05) is 5.32 Å². The molecular weight excluding hydrogens is 574 g/mol. The van der Waals surface area contributed by atoms with Crippen molar-refractivity contribution in [1.82, 2.24) is 25.5 Å². The number of aromatic nitrogens is 3. The highest BCUT2D eigenvalue weighted by atomic mass is 35.5. The SMILES string of the molecule is Cc1cc(Cl)cc(C(=O)NC2CCC2)c1NC(=O)c1cc(CN/N=C(\N=[N-])C(F)(F)F)nn1-c1ncccc1Cl. The number of rotatable bonds is 8. The van der Waals surface area contributed by atoms with E-state index < -0.39 is 23.8 Å². The van der Waals surface area contributed by atoms with Crippen LogP contribution in [0.2, 0.25) is 10.0 Å². The maximum absolute atomic E-state index is 13.5. The van der Waals surface area contributed by atoms with E-state index in [0.29, 0.717) is 10.6 Å². The molecule has 11 nitrogen and oxygen atoms in total. The number of carbonyl (C=O) groups is 2. The maximum Gasteiger partial charge on any atom is 0.451 e. The van der Waals surface area contributed by atoms with E-state index in [2.05, 4.69) is 36.4 Å². The first kappa shape index (κ1) is 29.0. The summed E-state index contributed by atoms with van der Waals surface area (Å²) in [6.45, 7) is 1.29. The highest BCUT2D eigenvalue weighted by molar-refractivity contribution is 6.32. The minimum atomic E-state index is -4.99. The molecule has 210 valence electrons. The van der Waals surface area contributed by atoms with Crippen LogP contribution in [0.4, 0.5) is 18.9 Å². The normalized spacial score (nSPS) is 13.9. The zero-order valence-electron chi connectivity index (χ0n) is 20.8. The van der Waals surface area contributed by atoms with E-state index in [1.165, 1.54) is 24.4 Å². The summed E-state index contributed by atoms with van der Waals surface area (Å²) in [7, 11) is 0. The molecule has 0 atom stereocenters. The van der Waals surface area contributed by atoms with Crippen molar-refractivity contribution >= 4 is 46.5 Å². The molecule has 0 aliphatic heterocycles. The van der Waals surface area contributed by atoms with E-state index in [1.807, 2.05) is 0 Å². The first-order chi connectivity index (χ1) is 19.0. The number of hydrogen-bond acceptors (Lipinski definition) is 6. The topological polar surface area (TPSA) is 148 Å². The second kappa shape index (κ2) is 12.0. The second-order valence-corrected chi connectivity index (χ2v) is 9.65. The van der Waals surface area contributed by atoms with Gasteiger partial charge >= 0.3 is 6.18 Å². The number of hydrazone groups is 1. The van der Waals surface area contributed by atoms with Crippen LogP contribution in [0.1, 0.15) is 51.4 Å². The molecule has 0 saturated heterocycles. The Morgan fingerprint density at radius 3 is 2.58 bits per heavy atom. The van der Waals surface area contributed by atoms with Gasteiger partial charge in [-0.2, -0.15) is 23.4 Å². The number of nitrogens with zero attached hydrogens (tertiary/aromatic N) is 6. The molecule has 2 aromatic heterocycles. The van der Waals surface area contributed by atoms with Crippen LogP contribution in [0.25, 0.3) is 11.3 Å². The van der Waals surface area contributed by atoms with Gasteiger partial charge in [0.15, 0.2) is 5.82 Å². The van der Waals surface area contributed by atoms with Crippen LogP contribution < -0.4 is 16.1 Å². The van der Waals surface area contributed by atoms with Crippen LogP contribution in [0.5, 0.6) is 0 Å². The number of amides is 2. The Balaban J connectivity index is 1.67. The van der Waals surface area contributed by atoms with Crippen molar-refractivity contribution in [1.29, 1.82) is 0 Å². The quantitative estimate of drug-likeness (QED) is 0.138. The van der Waals surface area contributed by atoms with Gasteiger partial charge < -0.3 is 26.7 Å². The number of pyridine rings is 1. The third-order valence-corrected chi connectivity index (χ3v) is 6.46. The lowest BCUT2D eigenvalue weighted by Gasteiger charge is -2.27. The van der Waals surface area contributed by atoms with Crippen molar-refractivity contribution in [2.45, 2.75) is 44.9 Å². The second-order valence-electron chi connectivity index (χ2n) is 8.81. The summed E-state index contributed by atoms with van der Waals surface area (Å²) in [6.07, 6.45) is -0.856. The minimum Gasteiger partial charge on any atom is -0.705 e. The number of alkyl halides is 3. The van der Waals surface area contributed by atoms with Crippen LogP contribution in [-0.4, -0.2) is 44.6 Å². The lowest BCUT2D eigenvalue weighted by molar-refractivity contribution is -0.0602. The van der Waals surface area contributed by atoms with Crippen molar-refractivity contribution in [2.24, 2.45) is 10.2 Å². The lowest BCUT2D eigenvalue weighted by Crippen LogP contribution is -2.39. The number of anilines is 1. The summed E-state index contributed by atoms with van der Waals surface area (Å²) in [5.41, 5.74) is 11.6. The molecule has 1 saturated carbocycles. The van der Waals surface area contributed by atoms with E-state index in [4.69, 9.17) is 28.7 Å². The molecule has 2 heterocycles. The maximum atomic E-state index is 13.5. The smallest absolute Gasteiger partial charge is 0.451 e. The van der Waals surface area contributed by atoms with Gasteiger partial charge in [0.1, 0.15) is 5.69 Å². The zero-order valence-corrected chi connectivity index (χ0v) is 22.3. The molecule has 0 bridgehead atoms. The third-order valence-electron chi connectivity index (χ3n) is 5.95. The molecule has 4 rings (SSSR count). The van der Waals surface area contributed by atoms with Gasteiger partial charge in [0.25, 0.3) is 11.8 Å². The largest absolute Gasteiger partial charge is 0.705 e. The molecule has 0 unspecified atom stereocenters. The summed E-state index contributed by atoms with van der Waals surface area (Å²) in [5, 5.41) is 15.5. The van der Waals surface area contributed by atoms with Crippen LogP contribution in [0.15, 0.2) is 46.7 Å². The average Bonchev–Trinajstić information content (AvgIpc) is 3.29. The van der Waals surface area contributed by atoms with Crippen molar-refractivity contribution in [3.05, 3.63) is 74.6 Å². The van der Waals surface area contributed by atoms with E-state index in [0.717, 1.165) is 23.9 Å². The fourth-order valence-corrected chi connectivity index (χ4v) is 4.27. The standard InChI is InChI=1S/C24H21Cl2F3N9O2/c1-12-8-13(25)9-16(21(39)33-14-4-2-5-14)19(12)34-22(40)18-10-15(11-32-36-23(35-30)24(27,28)29)37-38(18)20-17(26)6-3-7-31-20/h3,6-10,14,32H,2,4-5,11H2,1H3,(H,33,39)(H,34,40)/q-1/b36-23-. The summed E-state index contributed by atoms with van der Waals surface area (Å²) in [4.78, 5) is 30.7. The predicted octanol–water partition coefficient (Wildman–Crippen LogP) is 5.40. The Kier molecular flexibility index (Phi) is 8.69. The van der Waals surface area contributed by atoms with Gasteiger partial charge in [-0.25, -0.2) is 9.67 Å². The first-order valence-corrected chi connectivity index (χ1v) is 12.6. The Bertz CT molecular complexity index is 1490. The molecule has 40 heavy (non-hydrogen) atoms. The number of halogens is 5. The Hall–Kier alpha value is -4.04. The van der Waals surface area contributed by atoms with Crippen LogP contribution >= 0.6 is 23.2 Å². The molecule has 3 aromatic rings.